The number of nitrogens with two attached hydrogens (primary N) is 1. The van der Waals surface area contributed by atoms with Gasteiger partial charge in [-0.05, 0) is 15.9 Å². The Hall–Kier alpha value is 2.92. The number of rotatable bonds is 8. The van der Waals surface area contributed by atoms with Gasteiger partial charge >= 0.3 is 118 Å². The van der Waals surface area contributed by atoms with Crippen molar-refractivity contribution in [3.63, 3.8) is 0 Å². The Morgan fingerprint density at radius 1 is 1.03 bits per heavy atom. The van der Waals surface area contributed by atoms with Crippen molar-refractivity contribution in [2.24, 2.45) is 0 Å². The first-order valence-corrected chi connectivity index (χ1v) is 13.3. The van der Waals surface area contributed by atoms with Crippen LogP contribution in [-0.2, 0) is 31.6 Å². The summed E-state index contributed by atoms with van der Waals surface area (Å²) in [6.07, 6.45) is -6.77. The predicted molar refractivity (Wildman–Crippen MR) is 97.1 cm³/mol. The number of aromatic nitrogens is 4. The number of halogens is 1. The molecule has 2 aromatic rings. The van der Waals surface area contributed by atoms with Crippen LogP contribution in [-0.4, -0.2) is 54.7 Å². The first-order valence-electron chi connectivity index (χ1n) is 8.16. The summed E-state index contributed by atoms with van der Waals surface area (Å²) in [5, 5.41) is 20.5. The number of phosphoric acid groups is 3. The van der Waals surface area contributed by atoms with E-state index in [0.717, 1.165) is 4.57 Å². The molecule has 27 heteroatoms. The van der Waals surface area contributed by atoms with Gasteiger partial charge in [0.05, 0.1) is 14.4 Å². The van der Waals surface area contributed by atoms with Crippen molar-refractivity contribution in [3.8, 4) is 0 Å². The van der Waals surface area contributed by atoms with Gasteiger partial charge in [-0.15, -0.1) is 0 Å². The summed E-state index contributed by atoms with van der Waals surface area (Å²) in [7, 11) is -18.2. The Labute approximate surface area is 303 Å². The van der Waals surface area contributed by atoms with Crippen LogP contribution >= 0.6 is 39.4 Å². The van der Waals surface area contributed by atoms with E-state index in [-0.39, 0.29) is 140 Å². The number of phosphoric ester groups is 1. The van der Waals surface area contributed by atoms with Crippen LogP contribution in [0, 0.1) is 0 Å². The summed E-state index contributed by atoms with van der Waals surface area (Å²) in [5.74, 6) is -0.316. The van der Waals surface area contributed by atoms with Gasteiger partial charge in [-0.3, -0.25) is 27.8 Å². The van der Waals surface area contributed by atoms with Crippen molar-refractivity contribution >= 4 is 56.5 Å². The maximum atomic E-state index is 12.0. The van der Waals surface area contributed by atoms with Crippen LogP contribution in [0.1, 0.15) is 6.23 Å². The van der Waals surface area contributed by atoms with Gasteiger partial charge in [-0.2, -0.15) is 4.98 Å². The van der Waals surface area contributed by atoms with Crippen molar-refractivity contribution in [2.45, 2.75) is 24.5 Å². The van der Waals surface area contributed by atoms with E-state index in [1.165, 1.54) is 0 Å². The fourth-order valence-electron chi connectivity index (χ4n) is 2.73. The number of H-pyrrole nitrogens is 1. The maximum Gasteiger partial charge on any atom is 1.00 e. The minimum atomic E-state index is -6.18. The molecule has 37 heavy (non-hydrogen) atoms. The third-order valence-corrected chi connectivity index (χ3v) is 8.14. The minimum absolute atomic E-state index is 0. The van der Waals surface area contributed by atoms with Crippen LogP contribution in [0.25, 0.3) is 11.2 Å². The fourth-order valence-corrected chi connectivity index (χ4v) is 6.14. The normalized spacial score (nSPS) is 24.5. The largest absolute Gasteiger partial charge is 1.00 e. The third-order valence-electron chi connectivity index (χ3n) is 3.91. The molecule has 0 aliphatic carbocycles. The number of aliphatic hydroxyl groups is 2. The fraction of sp³-hybridized carbons (Fsp3) is 0.500. The standard InChI is InChI=1S/C10H15BrN5O14P3.4Na/c11-9-13-3-6(14-10(12)15-7(3)19)16(9)8-5(18)4(17)2(28-8)1-27-32(23,24)30-33(25,26)29-31(20,21)22;;;;/h2,4-5,8,17-18H,1H2,(H,23,24)(H,25,26)(H2,20,21,22)(H3,12,14,15,19);;;;/q;4*+1/p-4/t2-,4-,5-,8-;;;;/m1..../s1. The second-order valence-corrected chi connectivity index (χ2v) is 11.2. The Morgan fingerprint density at radius 3 is 2.14 bits per heavy atom. The summed E-state index contributed by atoms with van der Waals surface area (Å²) in [5.41, 5.74) is 4.35. The molecule has 5 N–H and O–H groups in total. The molecular formula is C10H11BrN5Na4O14P3. The first kappa shape index (κ1) is 42.1. The second kappa shape index (κ2) is 16.1. The van der Waals surface area contributed by atoms with Gasteiger partial charge < -0.3 is 49.3 Å². The number of nitrogens with zero attached hydrogens (tertiary/aromatic N) is 3. The van der Waals surface area contributed by atoms with E-state index < -0.39 is 60.2 Å². The second-order valence-electron chi connectivity index (χ2n) is 6.22. The number of aliphatic hydroxyl groups excluding tert-OH is 2. The molecule has 2 unspecified atom stereocenters. The molecule has 0 amide bonds. The molecule has 0 radical (unpaired) electrons. The van der Waals surface area contributed by atoms with Gasteiger partial charge in [0.2, 0.25) is 5.95 Å². The van der Waals surface area contributed by atoms with Crippen LogP contribution < -0.4 is 149 Å². The van der Waals surface area contributed by atoms with E-state index in [1.54, 1.807) is 0 Å². The van der Waals surface area contributed by atoms with Gasteiger partial charge in [0.15, 0.2) is 22.1 Å². The summed E-state index contributed by atoms with van der Waals surface area (Å²) >= 11 is 3.02. The molecule has 0 spiro atoms. The molecule has 1 saturated heterocycles. The van der Waals surface area contributed by atoms with Crippen molar-refractivity contribution < 1.29 is 180 Å². The van der Waals surface area contributed by atoms with Gasteiger partial charge in [0, 0.05) is 0 Å². The zero-order chi connectivity index (χ0) is 24.9. The smallest absolute Gasteiger partial charge is 0.790 e. The van der Waals surface area contributed by atoms with Crippen molar-refractivity contribution in [2.75, 3.05) is 12.3 Å². The van der Waals surface area contributed by atoms with E-state index in [2.05, 4.69) is 44.0 Å². The van der Waals surface area contributed by atoms with Crippen molar-refractivity contribution in [3.05, 3.63) is 15.1 Å². The topological polar surface area (TPSA) is 310 Å². The molecule has 6 atom stereocenters. The van der Waals surface area contributed by atoms with Crippen molar-refractivity contribution in [1.29, 1.82) is 0 Å². The Balaban J connectivity index is 0. The Kier molecular flexibility index (Phi) is 18.3. The van der Waals surface area contributed by atoms with E-state index in [1.807, 2.05) is 0 Å². The Morgan fingerprint density at radius 2 is 1.59 bits per heavy atom. The van der Waals surface area contributed by atoms with Crippen LogP contribution in [0.3, 0.4) is 0 Å². The average Bonchev–Trinajstić information content (AvgIpc) is 3.07. The number of imidazole rings is 1. The molecule has 0 saturated carbocycles. The van der Waals surface area contributed by atoms with E-state index in [0.29, 0.717) is 0 Å². The van der Waals surface area contributed by atoms with Crippen LogP contribution in [0.5, 0.6) is 0 Å². The molecule has 0 bridgehead atoms. The number of ether oxygens (including phenoxy) is 1. The van der Waals surface area contributed by atoms with Crippen LogP contribution in [0.4, 0.5) is 5.95 Å². The zero-order valence-corrected chi connectivity index (χ0v) is 31.7. The van der Waals surface area contributed by atoms with Crippen LogP contribution in [0.15, 0.2) is 9.53 Å². The van der Waals surface area contributed by atoms with Gasteiger partial charge in [-0.25, -0.2) is 9.29 Å². The first-order chi connectivity index (χ1) is 15.0. The summed E-state index contributed by atoms with van der Waals surface area (Å²) in [6, 6.07) is 0. The Bertz CT molecular complexity index is 1280. The summed E-state index contributed by atoms with van der Waals surface area (Å²) in [6.45, 7) is -1.15. The number of aromatic amines is 1. The molecule has 3 rings (SSSR count). The number of hydrogen-bond donors (Lipinski definition) is 4. The number of hydrogen-bond acceptors (Lipinski definition) is 17. The molecular weight excluding hydrogens is 679 g/mol. The monoisotopic (exact) mass is 689 g/mol. The molecule has 19 nitrogen and oxygen atoms in total. The van der Waals surface area contributed by atoms with Crippen LogP contribution in [0.2, 0.25) is 0 Å². The van der Waals surface area contributed by atoms with E-state index >= 15 is 0 Å². The van der Waals surface area contributed by atoms with E-state index in [4.69, 9.17) is 10.5 Å². The zero-order valence-electron chi connectivity index (χ0n) is 19.4. The molecule has 2 aromatic heterocycles. The predicted octanol–water partition coefficient (Wildman–Crippen LogP) is -16.1. The summed E-state index contributed by atoms with van der Waals surface area (Å²) < 4.78 is 50.0. The number of anilines is 1. The molecule has 1 fully saturated rings. The third kappa shape index (κ3) is 11.2. The molecule has 0 aromatic carbocycles. The molecule has 186 valence electrons. The maximum absolute atomic E-state index is 12.0. The number of fused-ring (bicyclic) bond motifs is 1. The number of nitrogens with one attached hydrogen (secondary N) is 1. The molecule has 1 aliphatic heterocycles. The van der Waals surface area contributed by atoms with Gasteiger partial charge in [-0.1, -0.05) is 0 Å². The molecule has 3 heterocycles. The SMILES string of the molecule is Nc1nc2c(nc(Br)n2[C@@H]2O[C@H](COP(=O)([O-])OP(=O)([O-])OP(=O)([O-])[O-])[C@@H](O)[C@H]2O)c(=O)[nH]1.[Na+].[Na+].[Na+].[Na+]. The van der Waals surface area contributed by atoms with E-state index in [9.17, 15) is 48.3 Å². The van der Waals surface area contributed by atoms with Gasteiger partial charge in [0.1, 0.15) is 18.3 Å². The molecule has 1 aliphatic rings. The minimum Gasteiger partial charge on any atom is -0.790 e. The summed E-state index contributed by atoms with van der Waals surface area (Å²) in [4.78, 5) is 65.4. The average molecular weight is 690 g/mol. The van der Waals surface area contributed by atoms with Crippen molar-refractivity contribution in [1.82, 2.24) is 19.5 Å². The quantitative estimate of drug-likeness (QED) is 0.114. The number of nitrogen functional groups attached to an aromatic ring is 1. The van der Waals surface area contributed by atoms with Gasteiger partial charge in [0.25, 0.3) is 21.2 Å².